The summed E-state index contributed by atoms with van der Waals surface area (Å²) < 4.78 is 15.8. The number of carbonyl (C=O) groups is 1. The van der Waals surface area contributed by atoms with Gasteiger partial charge in [-0.15, -0.1) is 0 Å². The maximum Gasteiger partial charge on any atom is 0.203 e. The van der Waals surface area contributed by atoms with E-state index in [0.29, 0.717) is 35.2 Å². The second kappa shape index (κ2) is 7.78. The number of ketones is 1. The summed E-state index contributed by atoms with van der Waals surface area (Å²) in [7, 11) is 4.64. The summed E-state index contributed by atoms with van der Waals surface area (Å²) in [4.78, 5) is 12.4. The van der Waals surface area contributed by atoms with Crippen LogP contribution in [0.1, 0.15) is 43.5 Å². The van der Waals surface area contributed by atoms with E-state index in [9.17, 15) is 4.79 Å². The minimum atomic E-state index is 0.109. The van der Waals surface area contributed by atoms with Crippen molar-refractivity contribution in [2.45, 2.75) is 33.1 Å². The summed E-state index contributed by atoms with van der Waals surface area (Å²) in [6.07, 6.45) is 2.56. The lowest BCUT2D eigenvalue weighted by molar-refractivity contribution is 0.0958. The minimum Gasteiger partial charge on any atom is -0.493 e. The Morgan fingerprint density at radius 3 is 1.85 bits per heavy atom. The van der Waals surface area contributed by atoms with Crippen molar-refractivity contribution in [2.24, 2.45) is 5.92 Å². The fraction of sp³-hybridized carbons (Fsp3) is 0.562. The Hall–Kier alpha value is -1.71. The number of hydrogen-bond donors (Lipinski definition) is 0. The first kappa shape index (κ1) is 16.3. The Bertz CT molecular complexity index is 425. The SMILES string of the molecule is CCC(CC)CC(=O)c1cc(OC)c(OC)c(OC)c1. The molecule has 0 aliphatic rings. The summed E-state index contributed by atoms with van der Waals surface area (Å²) in [5.74, 6) is 2.06. The second-order valence-electron chi connectivity index (χ2n) is 4.72. The van der Waals surface area contributed by atoms with Crippen LogP contribution in [0.5, 0.6) is 17.2 Å². The number of carbonyl (C=O) groups excluding carboxylic acids is 1. The third-order valence-electron chi connectivity index (χ3n) is 3.62. The van der Waals surface area contributed by atoms with Crippen LogP contribution in [-0.4, -0.2) is 27.1 Å². The van der Waals surface area contributed by atoms with Gasteiger partial charge in [0.1, 0.15) is 0 Å². The Kier molecular flexibility index (Phi) is 6.36. The number of methoxy groups -OCH3 is 3. The Labute approximate surface area is 121 Å². The molecule has 0 aliphatic carbocycles. The predicted octanol–water partition coefficient (Wildman–Crippen LogP) is 3.72. The van der Waals surface area contributed by atoms with E-state index in [1.807, 2.05) is 0 Å². The van der Waals surface area contributed by atoms with Crippen molar-refractivity contribution in [3.8, 4) is 17.2 Å². The monoisotopic (exact) mass is 280 g/mol. The van der Waals surface area contributed by atoms with Crippen molar-refractivity contribution < 1.29 is 19.0 Å². The van der Waals surface area contributed by atoms with E-state index in [-0.39, 0.29) is 5.78 Å². The van der Waals surface area contributed by atoms with E-state index in [1.54, 1.807) is 33.5 Å². The number of Topliss-reactive ketones (excluding diaryl/α,β-unsaturated/α-hetero) is 1. The van der Waals surface area contributed by atoms with Gasteiger partial charge in [-0.1, -0.05) is 26.7 Å². The van der Waals surface area contributed by atoms with Gasteiger partial charge in [-0.05, 0) is 18.1 Å². The van der Waals surface area contributed by atoms with Crippen LogP contribution in [0, 0.1) is 5.92 Å². The van der Waals surface area contributed by atoms with Crippen LogP contribution in [0.2, 0.25) is 0 Å². The van der Waals surface area contributed by atoms with E-state index in [0.717, 1.165) is 12.8 Å². The van der Waals surface area contributed by atoms with Crippen molar-refractivity contribution in [3.05, 3.63) is 17.7 Å². The van der Waals surface area contributed by atoms with Gasteiger partial charge < -0.3 is 14.2 Å². The maximum atomic E-state index is 12.4. The molecule has 112 valence electrons. The lowest BCUT2D eigenvalue weighted by Crippen LogP contribution is -2.08. The molecule has 0 spiro atoms. The molecular weight excluding hydrogens is 256 g/mol. The zero-order valence-electron chi connectivity index (χ0n) is 13.0. The molecule has 0 heterocycles. The van der Waals surface area contributed by atoms with Crippen LogP contribution in [-0.2, 0) is 0 Å². The van der Waals surface area contributed by atoms with Gasteiger partial charge in [-0.3, -0.25) is 4.79 Å². The highest BCUT2D eigenvalue weighted by atomic mass is 16.5. The first-order chi connectivity index (χ1) is 9.60. The van der Waals surface area contributed by atoms with Crippen molar-refractivity contribution in [2.75, 3.05) is 21.3 Å². The molecule has 1 aromatic rings. The second-order valence-corrected chi connectivity index (χ2v) is 4.72. The van der Waals surface area contributed by atoms with E-state index < -0.39 is 0 Å². The van der Waals surface area contributed by atoms with Gasteiger partial charge in [-0.2, -0.15) is 0 Å². The molecule has 0 aliphatic heterocycles. The van der Waals surface area contributed by atoms with E-state index in [4.69, 9.17) is 14.2 Å². The molecule has 0 N–H and O–H groups in total. The first-order valence-corrected chi connectivity index (χ1v) is 6.94. The number of benzene rings is 1. The Morgan fingerprint density at radius 1 is 1.00 bits per heavy atom. The van der Waals surface area contributed by atoms with Crippen LogP contribution in [0.25, 0.3) is 0 Å². The summed E-state index contributed by atoms with van der Waals surface area (Å²) in [5.41, 5.74) is 0.603. The summed E-state index contributed by atoms with van der Waals surface area (Å²) in [5, 5.41) is 0. The van der Waals surface area contributed by atoms with Gasteiger partial charge in [0.2, 0.25) is 5.75 Å². The standard InChI is InChI=1S/C16H24O4/c1-6-11(7-2)8-13(17)12-9-14(18-3)16(20-5)15(10-12)19-4/h9-11H,6-8H2,1-5H3. The van der Waals surface area contributed by atoms with Crippen LogP contribution in [0.4, 0.5) is 0 Å². The third-order valence-corrected chi connectivity index (χ3v) is 3.62. The molecule has 1 rings (SSSR count). The zero-order valence-corrected chi connectivity index (χ0v) is 13.0. The zero-order chi connectivity index (χ0) is 15.1. The van der Waals surface area contributed by atoms with E-state index in [1.165, 1.54) is 0 Å². The van der Waals surface area contributed by atoms with Gasteiger partial charge in [0, 0.05) is 12.0 Å². The number of hydrogen-bond acceptors (Lipinski definition) is 4. The quantitative estimate of drug-likeness (QED) is 0.681. The average Bonchev–Trinajstić information content (AvgIpc) is 2.50. The highest BCUT2D eigenvalue weighted by Crippen LogP contribution is 2.38. The fourth-order valence-electron chi connectivity index (χ4n) is 2.20. The van der Waals surface area contributed by atoms with Crippen LogP contribution >= 0.6 is 0 Å². The summed E-state index contributed by atoms with van der Waals surface area (Å²) in [6.45, 7) is 4.22. The fourth-order valence-corrected chi connectivity index (χ4v) is 2.20. The van der Waals surface area contributed by atoms with Crippen molar-refractivity contribution in [3.63, 3.8) is 0 Å². The summed E-state index contributed by atoms with van der Waals surface area (Å²) >= 11 is 0. The number of rotatable bonds is 8. The largest absolute Gasteiger partial charge is 0.493 e. The highest BCUT2D eigenvalue weighted by molar-refractivity contribution is 5.97. The minimum absolute atomic E-state index is 0.109. The van der Waals surface area contributed by atoms with Crippen molar-refractivity contribution >= 4 is 5.78 Å². The van der Waals surface area contributed by atoms with Gasteiger partial charge in [0.15, 0.2) is 17.3 Å². The predicted molar refractivity (Wildman–Crippen MR) is 79.1 cm³/mol. The lowest BCUT2D eigenvalue weighted by atomic mass is 9.94. The van der Waals surface area contributed by atoms with Gasteiger partial charge in [0.25, 0.3) is 0 Å². The van der Waals surface area contributed by atoms with Crippen LogP contribution < -0.4 is 14.2 Å². The molecule has 20 heavy (non-hydrogen) atoms. The molecule has 0 aromatic heterocycles. The molecule has 0 bridgehead atoms. The highest BCUT2D eigenvalue weighted by Gasteiger charge is 2.18. The topological polar surface area (TPSA) is 44.8 Å². The molecule has 0 unspecified atom stereocenters. The van der Waals surface area contributed by atoms with Crippen LogP contribution in [0.15, 0.2) is 12.1 Å². The van der Waals surface area contributed by atoms with Gasteiger partial charge in [-0.25, -0.2) is 0 Å². The first-order valence-electron chi connectivity index (χ1n) is 6.94. The summed E-state index contributed by atoms with van der Waals surface area (Å²) in [6, 6.07) is 3.43. The van der Waals surface area contributed by atoms with Crippen LogP contribution in [0.3, 0.4) is 0 Å². The van der Waals surface area contributed by atoms with Gasteiger partial charge >= 0.3 is 0 Å². The van der Waals surface area contributed by atoms with Crippen molar-refractivity contribution in [1.29, 1.82) is 0 Å². The lowest BCUT2D eigenvalue weighted by Gasteiger charge is -2.15. The molecule has 4 nitrogen and oxygen atoms in total. The number of ether oxygens (including phenoxy) is 3. The molecular formula is C16H24O4. The average molecular weight is 280 g/mol. The third kappa shape index (κ3) is 3.65. The molecule has 0 fully saturated rings. The molecule has 0 saturated heterocycles. The molecule has 0 radical (unpaired) electrons. The molecule has 0 saturated carbocycles. The molecule has 4 heteroatoms. The Balaban J connectivity index is 3.09. The van der Waals surface area contributed by atoms with Crippen molar-refractivity contribution in [1.82, 2.24) is 0 Å². The molecule has 1 aromatic carbocycles. The molecule has 0 atom stereocenters. The normalized spacial score (nSPS) is 10.5. The van der Waals surface area contributed by atoms with E-state index >= 15 is 0 Å². The molecule has 0 amide bonds. The van der Waals surface area contributed by atoms with Gasteiger partial charge in [0.05, 0.1) is 21.3 Å². The smallest absolute Gasteiger partial charge is 0.203 e. The van der Waals surface area contributed by atoms with E-state index in [2.05, 4.69) is 13.8 Å². The Morgan fingerprint density at radius 2 is 1.50 bits per heavy atom. The maximum absolute atomic E-state index is 12.4.